The van der Waals surface area contributed by atoms with Crippen LogP contribution in [0.25, 0.3) is 0 Å². The van der Waals surface area contributed by atoms with Gasteiger partial charge in [0.15, 0.2) is 0 Å². The van der Waals surface area contributed by atoms with Gasteiger partial charge in [-0.15, -0.1) is 0 Å². The smallest absolute Gasteiger partial charge is 0.142 e. The van der Waals surface area contributed by atoms with Gasteiger partial charge in [0.2, 0.25) is 0 Å². The monoisotopic (exact) mass is 285 g/mol. The van der Waals surface area contributed by atoms with Crippen LogP contribution in [0, 0.1) is 11.7 Å². The fraction of sp³-hybridized carbons (Fsp3) is 0.333. The molecule has 0 spiro atoms. The fourth-order valence-electron chi connectivity index (χ4n) is 2.61. The maximum atomic E-state index is 13.1. The fourth-order valence-corrected chi connectivity index (χ4v) is 2.61. The minimum absolute atomic E-state index is 0.192. The van der Waals surface area contributed by atoms with Crippen LogP contribution in [-0.2, 0) is 0 Å². The second-order valence-corrected chi connectivity index (χ2v) is 5.44. The number of nitrogens with one attached hydrogen (secondary N) is 1. The Hall–Kier alpha value is -2.03. The first-order chi connectivity index (χ1) is 10.3. The molecule has 2 aromatic rings. The summed E-state index contributed by atoms with van der Waals surface area (Å²) in [7, 11) is 0. The minimum Gasteiger partial charge on any atom is -0.492 e. The van der Waals surface area contributed by atoms with Gasteiger partial charge in [-0.3, -0.25) is 0 Å². The first-order valence-corrected chi connectivity index (χ1v) is 7.51. The van der Waals surface area contributed by atoms with E-state index in [1.165, 1.54) is 25.0 Å². The van der Waals surface area contributed by atoms with Gasteiger partial charge < -0.3 is 10.1 Å². The highest BCUT2D eigenvalue weighted by Crippen LogP contribution is 2.44. The number of rotatable bonds is 6. The summed E-state index contributed by atoms with van der Waals surface area (Å²) in [6, 6.07) is 15.0. The number of benzene rings is 2. The Labute approximate surface area is 125 Å². The molecule has 0 amide bonds. The van der Waals surface area contributed by atoms with Crippen LogP contribution in [0.15, 0.2) is 48.5 Å². The molecule has 0 heterocycles. The molecule has 0 aromatic heterocycles. The van der Waals surface area contributed by atoms with E-state index in [1.807, 2.05) is 43.3 Å². The molecular weight excluding hydrogens is 265 g/mol. The van der Waals surface area contributed by atoms with Crippen molar-refractivity contribution in [2.24, 2.45) is 5.92 Å². The molecule has 1 N–H and O–H groups in total. The average Bonchev–Trinajstić information content (AvgIpc) is 3.32. The molecule has 3 heteroatoms. The van der Waals surface area contributed by atoms with Gasteiger partial charge in [0.25, 0.3) is 0 Å². The molecule has 1 unspecified atom stereocenters. The Balaban J connectivity index is 1.84. The Bertz CT molecular complexity index is 592. The molecule has 1 aliphatic carbocycles. The van der Waals surface area contributed by atoms with Gasteiger partial charge in [0, 0.05) is 0 Å². The lowest BCUT2D eigenvalue weighted by atomic mass is 10.0. The normalized spacial score (nSPS) is 15.5. The van der Waals surface area contributed by atoms with Crippen LogP contribution < -0.4 is 10.1 Å². The zero-order valence-corrected chi connectivity index (χ0v) is 12.2. The van der Waals surface area contributed by atoms with Crippen molar-refractivity contribution in [2.75, 3.05) is 11.9 Å². The molecule has 1 saturated carbocycles. The number of hydrogen-bond acceptors (Lipinski definition) is 2. The van der Waals surface area contributed by atoms with Crippen LogP contribution in [0.1, 0.15) is 31.4 Å². The lowest BCUT2D eigenvalue weighted by Gasteiger charge is -2.22. The van der Waals surface area contributed by atoms with E-state index in [0.29, 0.717) is 12.5 Å². The zero-order valence-electron chi connectivity index (χ0n) is 12.2. The van der Waals surface area contributed by atoms with Gasteiger partial charge in [0.05, 0.1) is 18.3 Å². The summed E-state index contributed by atoms with van der Waals surface area (Å²) < 4.78 is 18.8. The van der Waals surface area contributed by atoms with Gasteiger partial charge in [-0.1, -0.05) is 24.3 Å². The second-order valence-electron chi connectivity index (χ2n) is 5.44. The molecule has 2 nitrogen and oxygen atoms in total. The molecular formula is C18H20FNO. The highest BCUT2D eigenvalue weighted by molar-refractivity contribution is 5.57. The van der Waals surface area contributed by atoms with E-state index in [-0.39, 0.29) is 11.9 Å². The first-order valence-electron chi connectivity index (χ1n) is 7.51. The van der Waals surface area contributed by atoms with Crippen molar-refractivity contribution in [2.45, 2.75) is 25.8 Å². The van der Waals surface area contributed by atoms with Gasteiger partial charge in [-0.25, -0.2) is 4.39 Å². The summed E-state index contributed by atoms with van der Waals surface area (Å²) in [5, 5.41) is 3.58. The third-order valence-corrected chi connectivity index (χ3v) is 3.82. The second kappa shape index (κ2) is 6.17. The summed E-state index contributed by atoms with van der Waals surface area (Å²) in [5.41, 5.74) is 2.13. The Morgan fingerprint density at radius 3 is 2.52 bits per heavy atom. The molecule has 3 rings (SSSR count). The molecule has 0 saturated heterocycles. The Morgan fingerprint density at radius 2 is 1.86 bits per heavy atom. The van der Waals surface area contributed by atoms with Crippen LogP contribution in [0.2, 0.25) is 0 Å². The molecule has 1 aliphatic rings. The molecule has 0 radical (unpaired) electrons. The summed E-state index contributed by atoms with van der Waals surface area (Å²) in [6.07, 6.45) is 2.43. The van der Waals surface area contributed by atoms with Crippen molar-refractivity contribution in [1.29, 1.82) is 0 Å². The predicted octanol–water partition coefficient (Wildman–Crippen LogP) is 4.79. The standard InChI is InChI=1S/C18H20FNO/c1-2-21-17-6-4-3-5-16(17)20-18(13-7-8-13)14-9-11-15(19)12-10-14/h3-6,9-13,18,20H,2,7-8H2,1H3. The lowest BCUT2D eigenvalue weighted by Crippen LogP contribution is -2.13. The quantitative estimate of drug-likeness (QED) is 0.824. The third kappa shape index (κ3) is 3.35. The van der Waals surface area contributed by atoms with Gasteiger partial charge >= 0.3 is 0 Å². The Kier molecular flexibility index (Phi) is 4.09. The van der Waals surface area contributed by atoms with Crippen molar-refractivity contribution in [3.8, 4) is 5.75 Å². The average molecular weight is 285 g/mol. The van der Waals surface area contributed by atoms with E-state index in [0.717, 1.165) is 17.0 Å². The topological polar surface area (TPSA) is 21.3 Å². The minimum atomic E-state index is -0.192. The van der Waals surface area contributed by atoms with E-state index in [9.17, 15) is 4.39 Å². The maximum Gasteiger partial charge on any atom is 0.142 e. The lowest BCUT2D eigenvalue weighted by molar-refractivity contribution is 0.341. The summed E-state index contributed by atoms with van der Waals surface area (Å²) in [6.45, 7) is 2.62. The van der Waals surface area contributed by atoms with Crippen molar-refractivity contribution in [3.63, 3.8) is 0 Å². The van der Waals surface area contributed by atoms with E-state index < -0.39 is 0 Å². The van der Waals surface area contributed by atoms with E-state index >= 15 is 0 Å². The number of anilines is 1. The summed E-state index contributed by atoms with van der Waals surface area (Å²) >= 11 is 0. The molecule has 1 atom stereocenters. The molecule has 110 valence electrons. The largest absolute Gasteiger partial charge is 0.492 e. The van der Waals surface area contributed by atoms with Crippen LogP contribution >= 0.6 is 0 Å². The van der Waals surface area contributed by atoms with Crippen LogP contribution in [0.5, 0.6) is 5.75 Å². The highest BCUT2D eigenvalue weighted by atomic mass is 19.1. The highest BCUT2D eigenvalue weighted by Gasteiger charge is 2.32. The van der Waals surface area contributed by atoms with Gasteiger partial charge in [-0.2, -0.15) is 0 Å². The first kappa shape index (κ1) is 13.9. The van der Waals surface area contributed by atoms with Gasteiger partial charge in [-0.05, 0) is 55.5 Å². The molecule has 0 bridgehead atoms. The van der Waals surface area contributed by atoms with Crippen LogP contribution in [0.4, 0.5) is 10.1 Å². The summed E-state index contributed by atoms with van der Waals surface area (Å²) in [4.78, 5) is 0. The SMILES string of the molecule is CCOc1ccccc1NC(c1ccc(F)cc1)C1CC1. The molecule has 1 fully saturated rings. The molecule has 0 aliphatic heterocycles. The van der Waals surface area contributed by atoms with Gasteiger partial charge in [0.1, 0.15) is 11.6 Å². The predicted molar refractivity (Wildman–Crippen MR) is 83.1 cm³/mol. The van der Waals surface area contributed by atoms with Crippen LogP contribution in [-0.4, -0.2) is 6.61 Å². The summed E-state index contributed by atoms with van der Waals surface area (Å²) in [5.74, 6) is 1.29. The number of para-hydroxylation sites is 2. The number of ether oxygens (including phenoxy) is 1. The number of hydrogen-bond donors (Lipinski definition) is 1. The third-order valence-electron chi connectivity index (χ3n) is 3.82. The van der Waals surface area contributed by atoms with E-state index in [1.54, 1.807) is 0 Å². The van der Waals surface area contributed by atoms with Crippen molar-refractivity contribution in [3.05, 3.63) is 59.9 Å². The van der Waals surface area contributed by atoms with E-state index in [4.69, 9.17) is 4.74 Å². The van der Waals surface area contributed by atoms with Crippen LogP contribution in [0.3, 0.4) is 0 Å². The van der Waals surface area contributed by atoms with Crippen molar-refractivity contribution >= 4 is 5.69 Å². The number of halogens is 1. The molecule has 21 heavy (non-hydrogen) atoms. The zero-order chi connectivity index (χ0) is 14.7. The molecule has 2 aromatic carbocycles. The Morgan fingerprint density at radius 1 is 1.14 bits per heavy atom. The van der Waals surface area contributed by atoms with Crippen molar-refractivity contribution < 1.29 is 9.13 Å². The van der Waals surface area contributed by atoms with Crippen molar-refractivity contribution in [1.82, 2.24) is 0 Å². The van der Waals surface area contributed by atoms with E-state index in [2.05, 4.69) is 5.32 Å². The maximum absolute atomic E-state index is 13.1.